The van der Waals surface area contributed by atoms with Gasteiger partial charge < -0.3 is 70.5 Å². The summed E-state index contributed by atoms with van der Waals surface area (Å²) < 4.78 is 24.1. The number of rotatable bonds is 20. The number of aliphatic hydroxyl groups excluding tert-OH is 4. The highest BCUT2D eigenvalue weighted by Crippen LogP contribution is 2.39. The normalized spacial score (nSPS) is 21.1. The van der Waals surface area contributed by atoms with E-state index in [0.717, 1.165) is 21.7 Å². The van der Waals surface area contributed by atoms with Crippen molar-refractivity contribution in [2.45, 2.75) is 89.5 Å². The van der Waals surface area contributed by atoms with Crippen molar-refractivity contribution < 1.29 is 58.6 Å². The minimum absolute atomic E-state index is 0.0311. The summed E-state index contributed by atoms with van der Waals surface area (Å²) in [7, 11) is 0. The number of hydrogen-bond donors (Lipinski definition) is 8. The molecule has 2 saturated heterocycles. The molecule has 2 aliphatic heterocycles. The third-order valence-corrected chi connectivity index (χ3v) is 13.2. The lowest BCUT2D eigenvalue weighted by Gasteiger charge is -2.35. The Morgan fingerprint density at radius 3 is 2.44 bits per heavy atom. The fraction of sp³-hybridized carbons (Fsp3) is 0.468. The van der Waals surface area contributed by atoms with Crippen LogP contribution in [0.3, 0.4) is 0 Å². The summed E-state index contributed by atoms with van der Waals surface area (Å²) in [6, 6.07) is 11.8. The predicted molar refractivity (Wildman–Crippen MR) is 256 cm³/mol. The molecule has 23 heteroatoms. The first kappa shape index (κ1) is 52.0. The highest BCUT2D eigenvalue weighted by atomic mass is 35.5. The number of thiazole rings is 1. The number of ether oxygens (including phenoxy) is 4. The van der Waals surface area contributed by atoms with Crippen molar-refractivity contribution in [3.63, 3.8) is 0 Å². The molecule has 2 aliphatic rings. The third-order valence-electron chi connectivity index (χ3n) is 11.9. The molecule has 0 aliphatic carbocycles. The molecule has 0 bridgehead atoms. The van der Waals surface area contributed by atoms with Crippen LogP contribution in [0.15, 0.2) is 66.6 Å². The van der Waals surface area contributed by atoms with Crippen molar-refractivity contribution in [3.8, 4) is 16.2 Å². The van der Waals surface area contributed by atoms with Gasteiger partial charge in [0.2, 0.25) is 17.7 Å². The molecule has 4 amide bonds. The lowest BCUT2D eigenvalue weighted by Crippen LogP contribution is -2.58. The van der Waals surface area contributed by atoms with E-state index in [0.29, 0.717) is 11.0 Å². The van der Waals surface area contributed by atoms with Gasteiger partial charge in [-0.15, -0.1) is 11.3 Å². The second-order valence-electron chi connectivity index (χ2n) is 18.1. The summed E-state index contributed by atoms with van der Waals surface area (Å²) in [6.45, 7) is 7.02. The molecule has 0 unspecified atom stereocenters. The molecular weight excluding hydrogens is 950 g/mol. The standard InChI is InChI=1S/C47H58ClN9O12S/c1-25-40(70-24-54-25)27-7-5-26(6-8-27)19-51-44(64)32-18-29(58)20-57(32)45(65)41(47(2,3)4)55-35(60)21-67-16-15-66-14-12-50-34(59)22-68-33-17-28(9-10-31(33)48)36(61)39-37(62)38(63)46(69-39)56-13-11-30-42(49)52-23-53-43(30)56/h5-11,13,17,23-24,29,32,36-39,41,46,58,61-63H,12,14-16,18-22H2,1-4H3,(H,50,59)(H,51,64)(H,55,60)(H2,49,52,53)/t29-,32+,36-,37+,38-,39-,41-,46-/m1/s1. The molecule has 3 aromatic heterocycles. The van der Waals surface area contributed by atoms with Crippen molar-refractivity contribution in [3.05, 3.63) is 88.4 Å². The zero-order valence-corrected chi connectivity index (χ0v) is 40.6. The fourth-order valence-corrected chi connectivity index (χ4v) is 9.18. The van der Waals surface area contributed by atoms with Crippen LogP contribution in [0.4, 0.5) is 5.82 Å². The highest BCUT2D eigenvalue weighted by Gasteiger charge is 2.48. The van der Waals surface area contributed by atoms with Crippen LogP contribution < -0.4 is 26.4 Å². The van der Waals surface area contributed by atoms with E-state index in [9.17, 15) is 39.6 Å². The summed E-state index contributed by atoms with van der Waals surface area (Å²) in [5.41, 5.74) is 10.4. The van der Waals surface area contributed by atoms with Gasteiger partial charge >= 0.3 is 0 Å². The third kappa shape index (κ3) is 12.4. The number of halogens is 1. The number of anilines is 1. The minimum Gasteiger partial charge on any atom is -0.482 e. The van der Waals surface area contributed by atoms with Crippen molar-refractivity contribution in [1.29, 1.82) is 0 Å². The Labute approximate surface area is 412 Å². The Morgan fingerprint density at radius 2 is 1.71 bits per heavy atom. The lowest BCUT2D eigenvalue weighted by molar-refractivity contribution is -0.144. The van der Waals surface area contributed by atoms with Gasteiger partial charge in [0.1, 0.15) is 66.6 Å². The summed E-state index contributed by atoms with van der Waals surface area (Å²) >= 11 is 7.88. The van der Waals surface area contributed by atoms with Crippen LogP contribution in [0.1, 0.15) is 56.3 Å². The van der Waals surface area contributed by atoms with Crippen LogP contribution in [0.5, 0.6) is 5.75 Å². The number of carbonyl (C=O) groups excluding carboxylic acids is 4. The van der Waals surface area contributed by atoms with E-state index in [1.165, 1.54) is 34.0 Å². The van der Waals surface area contributed by atoms with Gasteiger partial charge in [0.15, 0.2) is 12.8 Å². The van der Waals surface area contributed by atoms with Gasteiger partial charge in [0.05, 0.1) is 52.4 Å². The molecule has 8 atom stereocenters. The van der Waals surface area contributed by atoms with Crippen molar-refractivity contribution in [2.24, 2.45) is 5.41 Å². The number of nitrogen functional groups attached to an aromatic ring is 1. The molecule has 7 rings (SSSR count). The number of nitrogens with one attached hydrogen (secondary N) is 3. The summed E-state index contributed by atoms with van der Waals surface area (Å²) in [4.78, 5) is 67.8. The van der Waals surface area contributed by atoms with Gasteiger partial charge in [-0.05, 0) is 47.2 Å². The number of amides is 4. The number of aliphatic hydroxyl groups is 4. The lowest BCUT2D eigenvalue weighted by atomic mass is 9.85. The number of fused-ring (bicyclic) bond motifs is 1. The maximum absolute atomic E-state index is 13.9. The zero-order valence-electron chi connectivity index (χ0n) is 39.0. The Kier molecular flexibility index (Phi) is 17.0. The van der Waals surface area contributed by atoms with E-state index in [-0.39, 0.29) is 74.6 Å². The van der Waals surface area contributed by atoms with Crippen molar-refractivity contribution in [2.75, 3.05) is 51.9 Å². The van der Waals surface area contributed by atoms with Crippen LogP contribution in [-0.2, 0) is 39.9 Å². The van der Waals surface area contributed by atoms with E-state index < -0.39 is 84.5 Å². The fourth-order valence-electron chi connectivity index (χ4n) is 8.20. The van der Waals surface area contributed by atoms with Crippen LogP contribution in [0.25, 0.3) is 21.5 Å². The van der Waals surface area contributed by atoms with Gasteiger partial charge in [-0.1, -0.05) is 62.7 Å². The second kappa shape index (κ2) is 22.9. The number of hydrogen-bond acceptors (Lipinski definition) is 17. The van der Waals surface area contributed by atoms with Crippen molar-refractivity contribution in [1.82, 2.24) is 40.4 Å². The van der Waals surface area contributed by atoms with E-state index in [1.54, 1.807) is 49.9 Å². The van der Waals surface area contributed by atoms with Gasteiger partial charge in [-0.25, -0.2) is 15.0 Å². The molecule has 70 heavy (non-hydrogen) atoms. The minimum atomic E-state index is -1.49. The molecule has 5 heterocycles. The quantitative estimate of drug-likeness (QED) is 0.0516. The number of aromatic nitrogens is 4. The molecule has 376 valence electrons. The van der Waals surface area contributed by atoms with Crippen LogP contribution >= 0.6 is 22.9 Å². The summed E-state index contributed by atoms with van der Waals surface area (Å²) in [6.07, 6.45) is -4.72. The smallest absolute Gasteiger partial charge is 0.258 e. The highest BCUT2D eigenvalue weighted by molar-refractivity contribution is 7.13. The van der Waals surface area contributed by atoms with Crippen LogP contribution in [0.2, 0.25) is 5.02 Å². The number of β-amino-alcohol motifs (C(OH)–C–C–N with tert-alkyl or cyclic N) is 1. The van der Waals surface area contributed by atoms with Crippen LogP contribution in [-0.4, -0.2) is 151 Å². The Hall–Kier alpha value is -5.82. The van der Waals surface area contributed by atoms with Crippen molar-refractivity contribution >= 4 is 63.4 Å². The molecule has 2 fully saturated rings. The van der Waals surface area contributed by atoms with Crippen LogP contribution in [0, 0.1) is 12.3 Å². The van der Waals surface area contributed by atoms with Gasteiger partial charge in [-0.2, -0.15) is 0 Å². The topological polar surface area (TPSA) is 295 Å². The van der Waals surface area contributed by atoms with E-state index in [1.807, 2.05) is 31.2 Å². The Balaban J connectivity index is 0.793. The molecule has 0 radical (unpaired) electrons. The molecule has 0 spiro atoms. The maximum atomic E-state index is 13.9. The first-order chi connectivity index (χ1) is 33.4. The van der Waals surface area contributed by atoms with Gasteiger partial charge in [-0.3, -0.25) is 19.2 Å². The van der Waals surface area contributed by atoms with Gasteiger partial charge in [0.25, 0.3) is 5.91 Å². The average Bonchev–Trinajstić information content (AvgIpc) is 4.13. The largest absolute Gasteiger partial charge is 0.482 e. The zero-order chi connectivity index (χ0) is 50.3. The average molecular weight is 1010 g/mol. The summed E-state index contributed by atoms with van der Waals surface area (Å²) in [5.74, 6) is -1.65. The predicted octanol–water partition coefficient (Wildman–Crippen LogP) is 1.79. The molecule has 21 nitrogen and oxygen atoms in total. The summed E-state index contributed by atoms with van der Waals surface area (Å²) in [5, 5.41) is 52.5. The number of benzene rings is 2. The molecule has 5 aromatic rings. The van der Waals surface area contributed by atoms with E-state index in [4.69, 9.17) is 36.3 Å². The van der Waals surface area contributed by atoms with Gasteiger partial charge in [0, 0.05) is 32.3 Å². The molecule has 2 aromatic carbocycles. The Morgan fingerprint density at radius 1 is 0.957 bits per heavy atom. The number of nitrogens with zero attached hydrogens (tertiary/aromatic N) is 5. The van der Waals surface area contributed by atoms with E-state index in [2.05, 4.69) is 30.9 Å². The van der Waals surface area contributed by atoms with E-state index >= 15 is 0 Å². The first-order valence-corrected chi connectivity index (χ1v) is 23.8. The monoisotopic (exact) mass is 1010 g/mol. The first-order valence-electron chi connectivity index (χ1n) is 22.6. The number of likely N-dealkylation sites (tertiary alicyclic amines) is 1. The number of carbonyl (C=O) groups is 4. The molecule has 9 N–H and O–H groups in total. The second-order valence-corrected chi connectivity index (χ2v) is 19.3. The molecule has 0 saturated carbocycles. The Bertz CT molecular complexity index is 2630. The number of aryl methyl sites for hydroxylation is 1. The SMILES string of the molecule is Cc1ncsc1-c1ccc(CNC(=O)[C@@H]2C[C@@H](O)CN2C(=O)[C@@H](NC(=O)COCCOCCNC(=O)COc2cc([C@@H](O)[C@H]3O[C@@H](n4ccc5c(N)ncnc54)[C@H](O)[C@@H]3O)ccc2Cl)C(C)(C)C)cc1. The number of nitrogens with two attached hydrogens (primary N) is 1. The maximum Gasteiger partial charge on any atom is 0.258 e. The molecular formula is C47H58ClN9O12S.